The zero-order valence-corrected chi connectivity index (χ0v) is 12.5. The summed E-state index contributed by atoms with van der Waals surface area (Å²) in [6.07, 6.45) is 3.61. The van der Waals surface area contributed by atoms with E-state index in [0.717, 1.165) is 11.3 Å². The van der Waals surface area contributed by atoms with Gasteiger partial charge >= 0.3 is 6.03 Å². The Morgan fingerprint density at radius 1 is 1.43 bits per heavy atom. The maximum absolute atomic E-state index is 11.6. The van der Waals surface area contributed by atoms with Gasteiger partial charge in [-0.3, -0.25) is 0 Å². The van der Waals surface area contributed by atoms with Crippen molar-refractivity contribution in [3.8, 4) is 5.69 Å². The Hall–Kier alpha value is -2.27. The molecule has 110 valence electrons. The van der Waals surface area contributed by atoms with Crippen molar-refractivity contribution >= 4 is 17.6 Å². The minimum atomic E-state index is -0.277. The van der Waals surface area contributed by atoms with Crippen molar-refractivity contribution in [3.05, 3.63) is 59.9 Å². The first-order valence-electron chi connectivity index (χ1n) is 6.54. The molecule has 0 spiro atoms. The molecule has 21 heavy (non-hydrogen) atoms. The molecule has 2 amide bonds. The molecule has 0 aliphatic heterocycles. The number of aromatic nitrogens is 2. The summed E-state index contributed by atoms with van der Waals surface area (Å²) >= 11 is 5.60. The Morgan fingerprint density at radius 3 is 2.71 bits per heavy atom. The molecule has 0 saturated heterocycles. The first kappa shape index (κ1) is 15.1. The average Bonchev–Trinajstić information content (AvgIpc) is 2.99. The molecule has 0 aliphatic carbocycles. The standard InChI is InChI=1S/C15H17ClN4O/c1-11(16)10-17-15(21)19-12(2)13-4-6-14(7-5-13)20-9-3-8-18-20/h3-9,12H,1,10H2,2H3,(H2,17,19,21)/t12-/m1/s1. The minimum Gasteiger partial charge on any atom is -0.333 e. The lowest BCUT2D eigenvalue weighted by Gasteiger charge is -2.15. The third-order valence-electron chi connectivity index (χ3n) is 2.95. The van der Waals surface area contributed by atoms with Crippen LogP contribution in [0.3, 0.4) is 0 Å². The van der Waals surface area contributed by atoms with Gasteiger partial charge in [-0.2, -0.15) is 5.10 Å². The molecule has 0 fully saturated rings. The van der Waals surface area contributed by atoms with Crippen molar-refractivity contribution in [2.24, 2.45) is 0 Å². The molecule has 0 saturated carbocycles. The van der Waals surface area contributed by atoms with Crippen LogP contribution in [-0.4, -0.2) is 22.4 Å². The smallest absolute Gasteiger partial charge is 0.315 e. The number of amides is 2. The maximum atomic E-state index is 11.6. The highest BCUT2D eigenvalue weighted by Crippen LogP contribution is 2.15. The number of rotatable bonds is 5. The number of hydrogen-bond acceptors (Lipinski definition) is 2. The molecule has 5 nitrogen and oxygen atoms in total. The van der Waals surface area contributed by atoms with Gasteiger partial charge in [0.25, 0.3) is 0 Å². The van der Waals surface area contributed by atoms with E-state index in [1.165, 1.54) is 0 Å². The Morgan fingerprint density at radius 2 is 2.14 bits per heavy atom. The molecular formula is C15H17ClN4O. The van der Waals surface area contributed by atoms with Crippen molar-refractivity contribution in [1.29, 1.82) is 0 Å². The fourth-order valence-corrected chi connectivity index (χ4v) is 1.91. The fraction of sp³-hybridized carbons (Fsp3) is 0.200. The van der Waals surface area contributed by atoms with E-state index < -0.39 is 0 Å². The average molecular weight is 305 g/mol. The molecule has 1 aromatic carbocycles. The highest BCUT2D eigenvalue weighted by molar-refractivity contribution is 6.29. The van der Waals surface area contributed by atoms with Gasteiger partial charge in [-0.1, -0.05) is 30.3 Å². The summed E-state index contributed by atoms with van der Waals surface area (Å²) in [6, 6.07) is 9.32. The van der Waals surface area contributed by atoms with Crippen LogP contribution in [0, 0.1) is 0 Å². The zero-order valence-electron chi connectivity index (χ0n) is 11.7. The Balaban J connectivity index is 1.95. The number of carbonyl (C=O) groups excluding carboxylic acids is 1. The molecule has 6 heteroatoms. The van der Waals surface area contributed by atoms with E-state index in [-0.39, 0.29) is 18.6 Å². The van der Waals surface area contributed by atoms with Crippen molar-refractivity contribution in [3.63, 3.8) is 0 Å². The van der Waals surface area contributed by atoms with E-state index in [9.17, 15) is 4.79 Å². The van der Waals surface area contributed by atoms with Crippen LogP contribution in [0.5, 0.6) is 0 Å². The number of nitrogens with one attached hydrogen (secondary N) is 2. The van der Waals surface area contributed by atoms with Gasteiger partial charge in [0.05, 0.1) is 18.3 Å². The van der Waals surface area contributed by atoms with Crippen molar-refractivity contribution in [2.45, 2.75) is 13.0 Å². The molecule has 1 atom stereocenters. The highest BCUT2D eigenvalue weighted by atomic mass is 35.5. The summed E-state index contributed by atoms with van der Waals surface area (Å²) < 4.78 is 1.78. The highest BCUT2D eigenvalue weighted by Gasteiger charge is 2.09. The van der Waals surface area contributed by atoms with Gasteiger partial charge in [0.1, 0.15) is 0 Å². The summed E-state index contributed by atoms with van der Waals surface area (Å²) in [5.41, 5.74) is 1.98. The third-order valence-corrected chi connectivity index (χ3v) is 3.08. The molecule has 0 radical (unpaired) electrons. The first-order valence-corrected chi connectivity index (χ1v) is 6.91. The predicted molar refractivity (Wildman–Crippen MR) is 83.5 cm³/mol. The number of urea groups is 1. The van der Waals surface area contributed by atoms with Crippen LogP contribution in [0.4, 0.5) is 4.79 Å². The number of nitrogens with zero attached hydrogens (tertiary/aromatic N) is 2. The molecule has 2 aromatic rings. The number of carbonyl (C=O) groups is 1. The molecule has 2 rings (SSSR count). The van der Waals surface area contributed by atoms with Gasteiger partial charge in [0.2, 0.25) is 0 Å². The Kier molecular flexibility index (Phi) is 5.00. The Bertz CT molecular complexity index is 607. The van der Waals surface area contributed by atoms with E-state index in [0.29, 0.717) is 5.03 Å². The van der Waals surface area contributed by atoms with Gasteiger partial charge < -0.3 is 10.6 Å². The van der Waals surface area contributed by atoms with Crippen LogP contribution in [0.2, 0.25) is 0 Å². The molecule has 0 bridgehead atoms. The summed E-state index contributed by atoms with van der Waals surface area (Å²) in [7, 11) is 0. The molecule has 1 heterocycles. The second-order valence-electron chi connectivity index (χ2n) is 4.61. The number of benzene rings is 1. The Labute approximate surface area is 128 Å². The number of hydrogen-bond donors (Lipinski definition) is 2. The SMILES string of the molecule is C=C(Cl)CNC(=O)N[C@H](C)c1ccc(-n2cccn2)cc1. The van der Waals surface area contributed by atoms with E-state index in [1.807, 2.05) is 43.5 Å². The molecular weight excluding hydrogens is 288 g/mol. The van der Waals surface area contributed by atoms with E-state index in [1.54, 1.807) is 10.9 Å². The van der Waals surface area contributed by atoms with Crippen LogP contribution >= 0.6 is 11.6 Å². The van der Waals surface area contributed by atoms with Gasteiger partial charge in [0.15, 0.2) is 0 Å². The van der Waals surface area contributed by atoms with Crippen LogP contribution in [0.15, 0.2) is 54.3 Å². The quantitative estimate of drug-likeness (QED) is 0.892. The number of halogens is 1. The van der Waals surface area contributed by atoms with Gasteiger partial charge in [-0.25, -0.2) is 9.48 Å². The van der Waals surface area contributed by atoms with Gasteiger partial charge in [0, 0.05) is 17.4 Å². The summed E-state index contributed by atoms with van der Waals surface area (Å²) in [5.74, 6) is 0. The van der Waals surface area contributed by atoms with Crippen molar-refractivity contribution in [1.82, 2.24) is 20.4 Å². The lowest BCUT2D eigenvalue weighted by molar-refractivity contribution is 0.239. The van der Waals surface area contributed by atoms with E-state index >= 15 is 0 Å². The first-order chi connectivity index (χ1) is 10.1. The van der Waals surface area contributed by atoms with Crippen molar-refractivity contribution < 1.29 is 4.79 Å². The lowest BCUT2D eigenvalue weighted by atomic mass is 10.1. The summed E-state index contributed by atoms with van der Waals surface area (Å²) in [5, 5.41) is 10.0. The molecule has 1 aromatic heterocycles. The van der Waals surface area contributed by atoms with Crippen LogP contribution in [0.1, 0.15) is 18.5 Å². The third kappa shape index (κ3) is 4.36. The van der Waals surface area contributed by atoms with Gasteiger partial charge in [-0.05, 0) is 30.7 Å². The summed E-state index contributed by atoms with van der Waals surface area (Å²) in [4.78, 5) is 11.6. The zero-order chi connectivity index (χ0) is 15.2. The van der Waals surface area contributed by atoms with Crippen LogP contribution < -0.4 is 10.6 Å². The minimum absolute atomic E-state index is 0.111. The van der Waals surface area contributed by atoms with Crippen LogP contribution in [-0.2, 0) is 0 Å². The molecule has 0 aliphatic rings. The molecule has 2 N–H and O–H groups in total. The van der Waals surface area contributed by atoms with E-state index in [2.05, 4.69) is 22.3 Å². The molecule has 0 unspecified atom stereocenters. The second kappa shape index (κ2) is 6.95. The largest absolute Gasteiger partial charge is 0.333 e. The topological polar surface area (TPSA) is 59.0 Å². The second-order valence-corrected chi connectivity index (χ2v) is 5.14. The maximum Gasteiger partial charge on any atom is 0.315 e. The summed E-state index contributed by atoms with van der Waals surface area (Å²) in [6.45, 7) is 5.68. The van der Waals surface area contributed by atoms with Crippen LogP contribution in [0.25, 0.3) is 5.69 Å². The lowest BCUT2D eigenvalue weighted by Crippen LogP contribution is -2.37. The van der Waals surface area contributed by atoms with E-state index in [4.69, 9.17) is 11.6 Å². The monoisotopic (exact) mass is 304 g/mol. The van der Waals surface area contributed by atoms with Gasteiger partial charge in [-0.15, -0.1) is 0 Å². The normalized spacial score (nSPS) is 11.7. The fourth-order valence-electron chi connectivity index (χ4n) is 1.84. The predicted octanol–water partition coefficient (Wildman–Crippen LogP) is 2.99. The van der Waals surface area contributed by atoms with Crippen molar-refractivity contribution in [2.75, 3.05) is 6.54 Å².